The summed E-state index contributed by atoms with van der Waals surface area (Å²) in [5, 5.41) is 19.4. The molecule has 0 aliphatic carbocycles. The molecule has 0 fully saturated rings. The standard InChI is InChI=1S/C18H14N2O2/c1-12-11-16(14-9-5-6-10-15(14)17(12)21)19-20-18(22)13-7-3-2-4-8-13/h2-11,21H,1H3. The van der Waals surface area contributed by atoms with E-state index in [4.69, 9.17) is 0 Å². The van der Waals surface area contributed by atoms with Crippen molar-refractivity contribution >= 4 is 22.4 Å². The van der Waals surface area contributed by atoms with Crippen LogP contribution in [-0.4, -0.2) is 11.0 Å². The smallest absolute Gasteiger partial charge is 0.295 e. The average molecular weight is 290 g/mol. The minimum Gasteiger partial charge on any atom is -0.507 e. The van der Waals surface area contributed by atoms with E-state index in [1.54, 1.807) is 37.3 Å². The lowest BCUT2D eigenvalue weighted by atomic mass is 10.0. The third-order valence-electron chi connectivity index (χ3n) is 3.45. The van der Waals surface area contributed by atoms with E-state index < -0.39 is 5.91 Å². The number of hydrogen-bond acceptors (Lipinski definition) is 3. The van der Waals surface area contributed by atoms with Gasteiger partial charge < -0.3 is 5.11 Å². The minimum atomic E-state index is -0.393. The van der Waals surface area contributed by atoms with E-state index in [1.807, 2.05) is 30.3 Å². The first kappa shape index (κ1) is 13.9. The number of carbonyl (C=O) groups excluding carboxylic acids is 1. The predicted octanol–water partition coefficient (Wildman–Crippen LogP) is 4.78. The zero-order valence-electron chi connectivity index (χ0n) is 12.0. The molecule has 0 aliphatic rings. The maximum atomic E-state index is 12.0. The number of azo groups is 1. The molecule has 4 nitrogen and oxygen atoms in total. The molecule has 108 valence electrons. The molecule has 3 aromatic carbocycles. The molecule has 0 bridgehead atoms. The van der Waals surface area contributed by atoms with Gasteiger partial charge in [0.1, 0.15) is 5.75 Å². The number of benzene rings is 3. The minimum absolute atomic E-state index is 0.226. The van der Waals surface area contributed by atoms with E-state index >= 15 is 0 Å². The Bertz CT molecular complexity index is 871. The lowest BCUT2D eigenvalue weighted by molar-refractivity contribution is 0.0995. The fourth-order valence-electron chi connectivity index (χ4n) is 2.30. The molecule has 0 spiro atoms. The van der Waals surface area contributed by atoms with Gasteiger partial charge in [-0.15, -0.1) is 10.2 Å². The van der Waals surface area contributed by atoms with Gasteiger partial charge in [-0.1, -0.05) is 42.5 Å². The Balaban J connectivity index is 2.03. The second-order valence-corrected chi connectivity index (χ2v) is 4.98. The monoisotopic (exact) mass is 290 g/mol. The summed E-state index contributed by atoms with van der Waals surface area (Å²) in [4.78, 5) is 12.0. The molecule has 1 amide bonds. The number of nitrogens with zero attached hydrogens (tertiary/aromatic N) is 2. The van der Waals surface area contributed by atoms with Crippen molar-refractivity contribution in [3.05, 3.63) is 71.8 Å². The van der Waals surface area contributed by atoms with Crippen LogP contribution in [0.4, 0.5) is 5.69 Å². The number of aromatic hydroxyl groups is 1. The molecule has 0 unspecified atom stereocenters. The Hall–Kier alpha value is -3.01. The highest BCUT2D eigenvalue weighted by Gasteiger charge is 2.09. The molecule has 0 atom stereocenters. The summed E-state index contributed by atoms with van der Waals surface area (Å²) >= 11 is 0. The van der Waals surface area contributed by atoms with Crippen molar-refractivity contribution in [2.75, 3.05) is 0 Å². The quantitative estimate of drug-likeness (QED) is 0.690. The molecule has 0 heterocycles. The summed E-state index contributed by atoms with van der Waals surface area (Å²) in [6.45, 7) is 1.79. The molecule has 0 saturated carbocycles. The van der Waals surface area contributed by atoms with Crippen LogP contribution in [0.15, 0.2) is 70.9 Å². The number of carbonyl (C=O) groups is 1. The first-order valence-electron chi connectivity index (χ1n) is 6.89. The molecule has 4 heteroatoms. The van der Waals surface area contributed by atoms with Crippen molar-refractivity contribution in [2.24, 2.45) is 10.2 Å². The second kappa shape index (κ2) is 5.77. The maximum absolute atomic E-state index is 12.0. The van der Waals surface area contributed by atoms with E-state index in [0.29, 0.717) is 22.2 Å². The fourth-order valence-corrected chi connectivity index (χ4v) is 2.30. The lowest BCUT2D eigenvalue weighted by Gasteiger charge is -2.06. The van der Waals surface area contributed by atoms with Gasteiger partial charge >= 0.3 is 0 Å². The highest BCUT2D eigenvalue weighted by molar-refractivity contribution is 5.98. The first-order valence-corrected chi connectivity index (χ1v) is 6.89. The average Bonchev–Trinajstić information content (AvgIpc) is 2.57. The normalized spacial score (nSPS) is 11.1. The summed E-state index contributed by atoms with van der Waals surface area (Å²) in [5.74, 6) is -0.167. The first-order chi connectivity index (χ1) is 10.7. The van der Waals surface area contributed by atoms with Crippen molar-refractivity contribution < 1.29 is 9.90 Å². The molecule has 1 N–H and O–H groups in total. The Labute approximate surface area is 127 Å². The molecule has 3 rings (SSSR count). The van der Waals surface area contributed by atoms with Gasteiger partial charge in [-0.3, -0.25) is 4.79 Å². The van der Waals surface area contributed by atoms with Gasteiger partial charge in [0.05, 0.1) is 5.69 Å². The zero-order valence-corrected chi connectivity index (χ0v) is 12.0. The third-order valence-corrected chi connectivity index (χ3v) is 3.45. The molecular formula is C18H14N2O2. The van der Waals surface area contributed by atoms with Crippen LogP contribution >= 0.6 is 0 Å². The lowest BCUT2D eigenvalue weighted by Crippen LogP contribution is -1.92. The van der Waals surface area contributed by atoms with Gasteiger partial charge in [0.15, 0.2) is 0 Å². The van der Waals surface area contributed by atoms with E-state index in [9.17, 15) is 9.90 Å². The highest BCUT2D eigenvalue weighted by atomic mass is 16.3. The number of fused-ring (bicyclic) bond motifs is 1. The maximum Gasteiger partial charge on any atom is 0.295 e. The second-order valence-electron chi connectivity index (χ2n) is 4.98. The summed E-state index contributed by atoms with van der Waals surface area (Å²) in [7, 11) is 0. The molecule has 3 aromatic rings. The Morgan fingerprint density at radius 1 is 0.955 bits per heavy atom. The molecule has 0 saturated heterocycles. The summed E-state index contributed by atoms with van der Waals surface area (Å²) in [6.07, 6.45) is 0. The highest BCUT2D eigenvalue weighted by Crippen LogP contribution is 2.35. The zero-order chi connectivity index (χ0) is 15.5. The summed E-state index contributed by atoms with van der Waals surface area (Å²) < 4.78 is 0. The van der Waals surface area contributed by atoms with Crippen molar-refractivity contribution in [3.8, 4) is 5.75 Å². The van der Waals surface area contributed by atoms with Crippen molar-refractivity contribution in [1.29, 1.82) is 0 Å². The largest absolute Gasteiger partial charge is 0.507 e. The van der Waals surface area contributed by atoms with Crippen LogP contribution in [0.2, 0.25) is 0 Å². The van der Waals surface area contributed by atoms with Crippen LogP contribution in [-0.2, 0) is 0 Å². The Kier molecular flexibility index (Phi) is 3.66. The van der Waals surface area contributed by atoms with Gasteiger partial charge in [-0.05, 0) is 30.7 Å². The molecule has 0 radical (unpaired) electrons. The fraction of sp³-hybridized carbons (Fsp3) is 0.0556. The Morgan fingerprint density at radius 2 is 1.59 bits per heavy atom. The predicted molar refractivity (Wildman–Crippen MR) is 85.6 cm³/mol. The van der Waals surface area contributed by atoms with Crippen LogP contribution in [0.25, 0.3) is 10.8 Å². The van der Waals surface area contributed by atoms with Crippen LogP contribution in [0.1, 0.15) is 15.9 Å². The van der Waals surface area contributed by atoms with Gasteiger partial charge in [0.25, 0.3) is 5.91 Å². The Morgan fingerprint density at radius 3 is 2.32 bits per heavy atom. The van der Waals surface area contributed by atoms with Crippen LogP contribution in [0, 0.1) is 6.92 Å². The van der Waals surface area contributed by atoms with E-state index in [1.165, 1.54) is 0 Å². The van der Waals surface area contributed by atoms with E-state index in [-0.39, 0.29) is 5.75 Å². The summed E-state index contributed by atoms with van der Waals surface area (Å²) in [5.41, 5.74) is 1.75. The van der Waals surface area contributed by atoms with E-state index in [2.05, 4.69) is 10.2 Å². The number of amides is 1. The van der Waals surface area contributed by atoms with Crippen LogP contribution in [0.3, 0.4) is 0 Å². The van der Waals surface area contributed by atoms with Crippen molar-refractivity contribution in [2.45, 2.75) is 6.92 Å². The van der Waals surface area contributed by atoms with Crippen molar-refractivity contribution in [1.82, 2.24) is 0 Å². The number of aryl methyl sites for hydroxylation is 1. The van der Waals surface area contributed by atoms with Crippen LogP contribution in [0.5, 0.6) is 5.75 Å². The van der Waals surface area contributed by atoms with Gasteiger partial charge in [0.2, 0.25) is 0 Å². The van der Waals surface area contributed by atoms with Crippen LogP contribution < -0.4 is 0 Å². The van der Waals surface area contributed by atoms with Gasteiger partial charge in [0, 0.05) is 16.3 Å². The molecular weight excluding hydrogens is 276 g/mol. The molecule has 0 aliphatic heterocycles. The number of rotatable bonds is 2. The number of hydrogen-bond donors (Lipinski definition) is 1. The summed E-state index contributed by atoms with van der Waals surface area (Å²) in [6, 6.07) is 17.9. The van der Waals surface area contributed by atoms with Gasteiger partial charge in [-0.2, -0.15) is 0 Å². The number of phenolic OH excluding ortho intramolecular Hbond substituents is 1. The third kappa shape index (κ3) is 2.59. The van der Waals surface area contributed by atoms with Gasteiger partial charge in [-0.25, -0.2) is 0 Å². The SMILES string of the molecule is Cc1cc(N=NC(=O)c2ccccc2)c2ccccc2c1O. The molecule has 22 heavy (non-hydrogen) atoms. The van der Waals surface area contributed by atoms with E-state index in [0.717, 1.165) is 5.39 Å². The molecule has 0 aromatic heterocycles. The topological polar surface area (TPSA) is 62.0 Å². The number of phenols is 1. The van der Waals surface area contributed by atoms with Crippen molar-refractivity contribution in [3.63, 3.8) is 0 Å².